The fourth-order valence-corrected chi connectivity index (χ4v) is 4.36. The number of nitrogens with one attached hydrogen (secondary N) is 1. The van der Waals surface area contributed by atoms with Crippen LogP contribution in [0.25, 0.3) is 0 Å². The van der Waals surface area contributed by atoms with Crippen molar-refractivity contribution in [3.05, 3.63) is 71.8 Å². The normalized spacial score (nSPS) is 22.3. The summed E-state index contributed by atoms with van der Waals surface area (Å²) in [4.78, 5) is 26.0. The number of benzene rings is 2. The molecule has 4 atom stereocenters. The first-order valence-corrected chi connectivity index (χ1v) is 11.0. The van der Waals surface area contributed by atoms with Crippen molar-refractivity contribution >= 4 is 11.9 Å². The summed E-state index contributed by atoms with van der Waals surface area (Å²) in [7, 11) is 0. The van der Waals surface area contributed by atoms with Gasteiger partial charge in [0.25, 0.3) is 5.91 Å². The fraction of sp³-hybridized carbons (Fsp3) is 0.462. The Balaban J connectivity index is 1.76. The molecule has 160 valence electrons. The van der Waals surface area contributed by atoms with Crippen molar-refractivity contribution in [3.63, 3.8) is 0 Å². The predicted octanol–water partition coefficient (Wildman–Crippen LogP) is 5.03. The summed E-state index contributed by atoms with van der Waals surface area (Å²) in [6, 6.07) is 18.0. The van der Waals surface area contributed by atoms with Gasteiger partial charge in [-0.25, -0.2) is 4.79 Å². The predicted molar refractivity (Wildman–Crippen MR) is 119 cm³/mol. The highest BCUT2D eigenvalue weighted by Gasteiger charge is 2.35. The van der Waals surface area contributed by atoms with Gasteiger partial charge in [0, 0.05) is 12.0 Å². The zero-order chi connectivity index (χ0) is 21.5. The van der Waals surface area contributed by atoms with Gasteiger partial charge in [-0.05, 0) is 48.3 Å². The van der Waals surface area contributed by atoms with Crippen LogP contribution in [0.5, 0.6) is 0 Å². The van der Waals surface area contributed by atoms with Gasteiger partial charge in [0.15, 0.2) is 0 Å². The lowest BCUT2D eigenvalue weighted by Crippen LogP contribution is -2.46. The Bertz CT molecular complexity index is 819. The van der Waals surface area contributed by atoms with Gasteiger partial charge in [-0.1, -0.05) is 75.7 Å². The molecule has 0 aliphatic heterocycles. The van der Waals surface area contributed by atoms with Crippen LogP contribution in [-0.2, 0) is 16.0 Å². The summed E-state index contributed by atoms with van der Waals surface area (Å²) in [6.45, 7) is 6.61. The SMILES string of the molecule is CC(C)[C@H]1CC[C@H](C)C[C@@H]1OC(=O)C(Cc1ccccc1)NC(=O)c1ccccc1. The molecule has 0 radical (unpaired) electrons. The monoisotopic (exact) mass is 407 g/mol. The lowest BCUT2D eigenvalue weighted by atomic mass is 9.75. The van der Waals surface area contributed by atoms with Gasteiger partial charge in [0.05, 0.1) is 0 Å². The summed E-state index contributed by atoms with van der Waals surface area (Å²) < 4.78 is 6.05. The molecule has 4 heteroatoms. The maximum Gasteiger partial charge on any atom is 0.329 e. The van der Waals surface area contributed by atoms with Gasteiger partial charge in [0.1, 0.15) is 12.1 Å². The maximum atomic E-state index is 13.2. The van der Waals surface area contributed by atoms with Crippen LogP contribution in [0.3, 0.4) is 0 Å². The van der Waals surface area contributed by atoms with E-state index in [1.165, 1.54) is 6.42 Å². The quantitative estimate of drug-likeness (QED) is 0.655. The van der Waals surface area contributed by atoms with Crippen LogP contribution in [0, 0.1) is 17.8 Å². The third kappa shape index (κ3) is 5.94. The van der Waals surface area contributed by atoms with Crippen LogP contribution >= 0.6 is 0 Å². The van der Waals surface area contributed by atoms with E-state index < -0.39 is 6.04 Å². The number of ether oxygens (including phenoxy) is 1. The highest BCUT2D eigenvalue weighted by atomic mass is 16.5. The Kier molecular flexibility index (Phi) is 7.67. The molecule has 30 heavy (non-hydrogen) atoms. The standard InChI is InChI=1S/C26H33NO3/c1-18(2)22-15-14-19(3)16-24(22)30-26(29)23(17-20-10-6-4-7-11-20)27-25(28)21-12-8-5-9-13-21/h4-13,18-19,22-24H,14-17H2,1-3H3,(H,27,28)/t19-,22+,23?,24-/m0/s1. The molecule has 0 bridgehead atoms. The molecule has 2 aromatic rings. The molecule has 1 N–H and O–H groups in total. The van der Waals surface area contributed by atoms with Crippen molar-refractivity contribution in [1.82, 2.24) is 5.32 Å². The summed E-state index contributed by atoms with van der Waals surface area (Å²) in [5, 5.41) is 2.91. The Morgan fingerprint density at radius 2 is 1.63 bits per heavy atom. The second-order valence-electron chi connectivity index (χ2n) is 8.88. The fourth-order valence-electron chi connectivity index (χ4n) is 4.36. The van der Waals surface area contributed by atoms with E-state index in [-0.39, 0.29) is 18.0 Å². The molecule has 1 fully saturated rings. The average Bonchev–Trinajstić information content (AvgIpc) is 2.74. The largest absolute Gasteiger partial charge is 0.461 e. The topological polar surface area (TPSA) is 55.4 Å². The van der Waals surface area contributed by atoms with E-state index in [9.17, 15) is 9.59 Å². The van der Waals surface area contributed by atoms with E-state index in [4.69, 9.17) is 4.74 Å². The molecular formula is C26H33NO3. The van der Waals surface area contributed by atoms with Crippen molar-refractivity contribution in [2.24, 2.45) is 17.8 Å². The first kappa shape index (κ1) is 22.1. The lowest BCUT2D eigenvalue weighted by molar-refractivity contribution is -0.158. The van der Waals surface area contributed by atoms with Crippen molar-refractivity contribution in [1.29, 1.82) is 0 Å². The Morgan fingerprint density at radius 1 is 1.00 bits per heavy atom. The molecule has 1 saturated carbocycles. The van der Waals surface area contributed by atoms with E-state index >= 15 is 0 Å². The van der Waals surface area contributed by atoms with Crippen molar-refractivity contribution in [3.8, 4) is 0 Å². The minimum atomic E-state index is -0.717. The third-order valence-corrected chi connectivity index (χ3v) is 6.14. The third-order valence-electron chi connectivity index (χ3n) is 6.14. The number of esters is 1. The Labute approximate surface area is 180 Å². The van der Waals surface area contributed by atoms with Crippen LogP contribution in [0.2, 0.25) is 0 Å². The van der Waals surface area contributed by atoms with Gasteiger partial charge < -0.3 is 10.1 Å². The highest BCUT2D eigenvalue weighted by molar-refractivity contribution is 5.96. The Morgan fingerprint density at radius 3 is 2.27 bits per heavy atom. The number of hydrogen-bond acceptors (Lipinski definition) is 3. The van der Waals surface area contributed by atoms with E-state index in [0.29, 0.717) is 29.7 Å². The zero-order valence-electron chi connectivity index (χ0n) is 18.2. The van der Waals surface area contributed by atoms with Crippen molar-refractivity contribution in [2.75, 3.05) is 0 Å². The van der Waals surface area contributed by atoms with Gasteiger partial charge in [-0.15, -0.1) is 0 Å². The van der Waals surface area contributed by atoms with E-state index in [1.807, 2.05) is 48.5 Å². The van der Waals surface area contributed by atoms with Gasteiger partial charge in [-0.3, -0.25) is 4.79 Å². The molecule has 0 saturated heterocycles. The smallest absolute Gasteiger partial charge is 0.329 e. The lowest BCUT2D eigenvalue weighted by Gasteiger charge is -2.37. The highest BCUT2D eigenvalue weighted by Crippen LogP contribution is 2.35. The number of carbonyl (C=O) groups is 2. The molecule has 0 spiro atoms. The minimum Gasteiger partial charge on any atom is -0.461 e. The first-order valence-electron chi connectivity index (χ1n) is 11.0. The van der Waals surface area contributed by atoms with Crippen LogP contribution in [0.15, 0.2) is 60.7 Å². The molecule has 0 heterocycles. The van der Waals surface area contributed by atoms with Crippen LogP contribution in [0.1, 0.15) is 56.0 Å². The van der Waals surface area contributed by atoms with E-state index in [1.54, 1.807) is 12.1 Å². The van der Waals surface area contributed by atoms with Crippen LogP contribution in [0.4, 0.5) is 0 Å². The van der Waals surface area contributed by atoms with Crippen molar-refractivity contribution < 1.29 is 14.3 Å². The van der Waals surface area contributed by atoms with Crippen LogP contribution < -0.4 is 5.32 Å². The molecule has 1 aliphatic carbocycles. The molecule has 2 aromatic carbocycles. The average molecular weight is 408 g/mol. The first-order chi connectivity index (χ1) is 14.4. The number of hydrogen-bond donors (Lipinski definition) is 1. The summed E-state index contributed by atoms with van der Waals surface area (Å²) in [5.41, 5.74) is 1.53. The number of carbonyl (C=O) groups excluding carboxylic acids is 2. The van der Waals surface area contributed by atoms with Gasteiger partial charge in [-0.2, -0.15) is 0 Å². The molecule has 1 amide bonds. The molecule has 0 aromatic heterocycles. The van der Waals surface area contributed by atoms with Crippen molar-refractivity contribution in [2.45, 2.75) is 58.6 Å². The van der Waals surface area contributed by atoms with Gasteiger partial charge in [0.2, 0.25) is 0 Å². The summed E-state index contributed by atoms with van der Waals surface area (Å²) >= 11 is 0. The number of rotatable bonds is 7. The summed E-state index contributed by atoms with van der Waals surface area (Å²) in [5.74, 6) is 0.775. The van der Waals surface area contributed by atoms with E-state index in [2.05, 4.69) is 26.1 Å². The molecule has 1 aliphatic rings. The maximum absolute atomic E-state index is 13.2. The molecule has 4 nitrogen and oxygen atoms in total. The van der Waals surface area contributed by atoms with Gasteiger partial charge >= 0.3 is 5.97 Å². The zero-order valence-corrected chi connectivity index (χ0v) is 18.2. The second kappa shape index (κ2) is 10.4. The minimum absolute atomic E-state index is 0.0897. The molecule has 1 unspecified atom stereocenters. The van der Waals surface area contributed by atoms with Crippen LogP contribution in [-0.4, -0.2) is 24.0 Å². The summed E-state index contributed by atoms with van der Waals surface area (Å²) in [6.07, 6.45) is 3.46. The second-order valence-corrected chi connectivity index (χ2v) is 8.88. The number of amides is 1. The molecule has 3 rings (SSSR count). The van der Waals surface area contributed by atoms with E-state index in [0.717, 1.165) is 18.4 Å². The molecular weight excluding hydrogens is 374 g/mol. The Hall–Kier alpha value is -2.62.